The van der Waals surface area contributed by atoms with Crippen LogP contribution in [0.25, 0.3) is 0 Å². The molecule has 0 saturated heterocycles. The summed E-state index contributed by atoms with van der Waals surface area (Å²) in [5.41, 5.74) is 1.01. The fourth-order valence-electron chi connectivity index (χ4n) is 2.09. The van der Waals surface area contributed by atoms with Crippen LogP contribution in [0, 0.1) is 0 Å². The number of ether oxygens (including phenoxy) is 2. The molecule has 1 unspecified atom stereocenters. The van der Waals surface area contributed by atoms with E-state index in [4.69, 9.17) is 13.9 Å². The van der Waals surface area contributed by atoms with Crippen molar-refractivity contribution in [2.75, 3.05) is 14.2 Å². The molecule has 0 fully saturated rings. The molecule has 0 radical (unpaired) electrons. The second-order valence-electron chi connectivity index (χ2n) is 5.09. The van der Waals surface area contributed by atoms with Crippen LogP contribution >= 0.6 is 0 Å². The maximum atomic E-state index is 12.0. The van der Waals surface area contributed by atoms with Gasteiger partial charge in [-0.3, -0.25) is 4.79 Å². The lowest BCUT2D eigenvalue weighted by atomic mass is 10.2. The molecule has 23 heavy (non-hydrogen) atoms. The van der Waals surface area contributed by atoms with Crippen molar-refractivity contribution in [2.45, 2.75) is 26.1 Å². The number of carbonyl (C=O) groups excluding carboxylic acids is 1. The number of hydrogen-bond donors (Lipinski definition) is 2. The molecule has 1 aromatic heterocycles. The lowest BCUT2D eigenvalue weighted by Crippen LogP contribution is -2.41. The maximum absolute atomic E-state index is 12.0. The molecule has 1 amide bonds. The Hall–Kier alpha value is -2.47. The Kier molecular flexibility index (Phi) is 6.05. The van der Waals surface area contributed by atoms with E-state index in [1.807, 2.05) is 31.2 Å². The summed E-state index contributed by atoms with van der Waals surface area (Å²) in [5, 5.41) is 6.00. The number of hydrogen-bond acceptors (Lipinski definition) is 5. The minimum Gasteiger partial charge on any atom is -0.493 e. The fourth-order valence-corrected chi connectivity index (χ4v) is 2.09. The van der Waals surface area contributed by atoms with Gasteiger partial charge in [0, 0.05) is 6.54 Å². The third-order valence-electron chi connectivity index (χ3n) is 3.47. The van der Waals surface area contributed by atoms with Crippen molar-refractivity contribution in [3.63, 3.8) is 0 Å². The molecule has 2 aromatic rings. The highest BCUT2D eigenvalue weighted by molar-refractivity contribution is 5.81. The lowest BCUT2D eigenvalue weighted by Gasteiger charge is -2.15. The molecular formula is C17H22N2O4. The number of carbonyl (C=O) groups is 1. The first-order valence-electron chi connectivity index (χ1n) is 7.38. The summed E-state index contributed by atoms with van der Waals surface area (Å²) in [7, 11) is 3.20. The summed E-state index contributed by atoms with van der Waals surface area (Å²) < 4.78 is 15.7. The van der Waals surface area contributed by atoms with E-state index < -0.39 is 0 Å². The third-order valence-corrected chi connectivity index (χ3v) is 3.47. The molecule has 6 heteroatoms. The molecule has 1 heterocycles. The average Bonchev–Trinajstić information content (AvgIpc) is 3.10. The zero-order chi connectivity index (χ0) is 16.7. The summed E-state index contributed by atoms with van der Waals surface area (Å²) in [5.74, 6) is 1.99. The van der Waals surface area contributed by atoms with Gasteiger partial charge in [0.05, 0.1) is 33.1 Å². The molecule has 2 N–H and O–H groups in total. The lowest BCUT2D eigenvalue weighted by molar-refractivity contribution is -0.123. The Bertz CT molecular complexity index is 626. The summed E-state index contributed by atoms with van der Waals surface area (Å²) in [6, 6.07) is 8.96. The van der Waals surface area contributed by atoms with Crippen LogP contribution in [-0.4, -0.2) is 26.2 Å². The number of nitrogens with one attached hydrogen (secondary N) is 2. The molecule has 2 rings (SSSR count). The Morgan fingerprint density at radius 3 is 2.61 bits per heavy atom. The molecule has 1 aromatic carbocycles. The Balaban J connectivity index is 1.83. The number of benzene rings is 1. The fraction of sp³-hybridized carbons (Fsp3) is 0.353. The zero-order valence-corrected chi connectivity index (χ0v) is 13.6. The minimum atomic E-state index is -0.321. The molecule has 6 nitrogen and oxygen atoms in total. The first-order chi connectivity index (χ1) is 11.1. The quantitative estimate of drug-likeness (QED) is 0.780. The molecule has 0 bridgehead atoms. The molecular weight excluding hydrogens is 296 g/mol. The van der Waals surface area contributed by atoms with E-state index in [1.54, 1.807) is 26.5 Å². The maximum Gasteiger partial charge on any atom is 0.237 e. The van der Waals surface area contributed by atoms with Gasteiger partial charge in [-0.1, -0.05) is 6.07 Å². The van der Waals surface area contributed by atoms with Crippen molar-refractivity contribution in [1.82, 2.24) is 10.6 Å². The van der Waals surface area contributed by atoms with Crippen molar-refractivity contribution < 1.29 is 18.7 Å². The largest absolute Gasteiger partial charge is 0.493 e. The standard InChI is InChI=1S/C17H22N2O4/c1-12(17(20)19-11-14-5-4-8-23-14)18-10-13-6-7-15(21-2)16(9-13)22-3/h4-9,12,18H,10-11H2,1-3H3,(H,19,20). The van der Waals surface area contributed by atoms with E-state index in [0.29, 0.717) is 24.6 Å². The normalized spacial score (nSPS) is 11.8. The molecule has 0 spiro atoms. The predicted octanol–water partition coefficient (Wildman–Crippen LogP) is 2.09. The van der Waals surface area contributed by atoms with Crippen LogP contribution in [0.2, 0.25) is 0 Å². The van der Waals surface area contributed by atoms with E-state index in [-0.39, 0.29) is 11.9 Å². The van der Waals surface area contributed by atoms with Crippen molar-refractivity contribution in [3.8, 4) is 11.5 Å². The van der Waals surface area contributed by atoms with Crippen molar-refractivity contribution in [3.05, 3.63) is 47.9 Å². The Labute approximate surface area is 135 Å². The second-order valence-corrected chi connectivity index (χ2v) is 5.09. The van der Waals surface area contributed by atoms with Crippen LogP contribution in [0.4, 0.5) is 0 Å². The molecule has 0 aliphatic rings. The van der Waals surface area contributed by atoms with E-state index in [1.165, 1.54) is 0 Å². The smallest absolute Gasteiger partial charge is 0.237 e. The Morgan fingerprint density at radius 1 is 1.17 bits per heavy atom. The number of furan rings is 1. The van der Waals surface area contributed by atoms with Crippen molar-refractivity contribution in [2.24, 2.45) is 0 Å². The van der Waals surface area contributed by atoms with E-state index in [9.17, 15) is 4.79 Å². The molecule has 0 aliphatic heterocycles. The minimum absolute atomic E-state index is 0.0816. The predicted molar refractivity (Wildman–Crippen MR) is 86.4 cm³/mol. The van der Waals surface area contributed by atoms with Crippen LogP contribution in [0.15, 0.2) is 41.0 Å². The monoisotopic (exact) mass is 318 g/mol. The van der Waals surface area contributed by atoms with Crippen molar-refractivity contribution in [1.29, 1.82) is 0 Å². The highest BCUT2D eigenvalue weighted by Crippen LogP contribution is 2.27. The second kappa shape index (κ2) is 8.24. The third kappa shape index (κ3) is 4.75. The first-order valence-corrected chi connectivity index (χ1v) is 7.38. The van der Waals surface area contributed by atoms with Gasteiger partial charge in [0.1, 0.15) is 5.76 Å². The van der Waals surface area contributed by atoms with Crippen LogP contribution < -0.4 is 20.1 Å². The summed E-state index contributed by atoms with van der Waals surface area (Å²) >= 11 is 0. The van der Waals surface area contributed by atoms with E-state index in [0.717, 1.165) is 11.3 Å². The van der Waals surface area contributed by atoms with Gasteiger partial charge in [-0.15, -0.1) is 0 Å². The van der Waals surface area contributed by atoms with Crippen LogP contribution in [-0.2, 0) is 17.9 Å². The van der Waals surface area contributed by atoms with Gasteiger partial charge in [-0.2, -0.15) is 0 Å². The first kappa shape index (κ1) is 16.9. The van der Waals surface area contributed by atoms with Gasteiger partial charge in [0.25, 0.3) is 0 Å². The van der Waals surface area contributed by atoms with Gasteiger partial charge < -0.3 is 24.5 Å². The molecule has 124 valence electrons. The zero-order valence-electron chi connectivity index (χ0n) is 13.6. The Morgan fingerprint density at radius 2 is 1.96 bits per heavy atom. The van der Waals surface area contributed by atoms with Gasteiger partial charge in [-0.05, 0) is 36.8 Å². The van der Waals surface area contributed by atoms with Gasteiger partial charge >= 0.3 is 0 Å². The van der Waals surface area contributed by atoms with Crippen molar-refractivity contribution >= 4 is 5.91 Å². The number of methoxy groups -OCH3 is 2. The number of amides is 1. The van der Waals surface area contributed by atoms with Crippen LogP contribution in [0.5, 0.6) is 11.5 Å². The molecule has 1 atom stereocenters. The molecule has 0 aliphatic carbocycles. The molecule has 0 saturated carbocycles. The summed E-state index contributed by atoms with van der Waals surface area (Å²) in [6.07, 6.45) is 1.58. The van der Waals surface area contributed by atoms with Crippen LogP contribution in [0.3, 0.4) is 0 Å². The summed E-state index contributed by atoms with van der Waals surface area (Å²) in [4.78, 5) is 12.0. The highest BCUT2D eigenvalue weighted by atomic mass is 16.5. The summed E-state index contributed by atoms with van der Waals surface area (Å²) in [6.45, 7) is 2.75. The van der Waals surface area contributed by atoms with E-state index in [2.05, 4.69) is 10.6 Å². The average molecular weight is 318 g/mol. The van der Waals surface area contributed by atoms with Gasteiger partial charge in [-0.25, -0.2) is 0 Å². The SMILES string of the molecule is COc1ccc(CNC(C)C(=O)NCc2ccco2)cc1OC. The van der Waals surface area contributed by atoms with Crippen LogP contribution in [0.1, 0.15) is 18.2 Å². The van der Waals surface area contributed by atoms with Gasteiger partial charge in [0.2, 0.25) is 5.91 Å². The van der Waals surface area contributed by atoms with E-state index >= 15 is 0 Å². The number of rotatable bonds is 8. The topological polar surface area (TPSA) is 72.7 Å². The van der Waals surface area contributed by atoms with Gasteiger partial charge in [0.15, 0.2) is 11.5 Å². The highest BCUT2D eigenvalue weighted by Gasteiger charge is 2.13.